The Morgan fingerprint density at radius 2 is 2.17 bits per heavy atom. The fourth-order valence-electron chi connectivity index (χ4n) is 1.40. The second-order valence-electron chi connectivity index (χ2n) is 3.34. The Labute approximate surface area is 107 Å². The number of nitriles is 1. The maximum atomic E-state index is 11.4. The minimum atomic E-state index is -0.417. The smallest absolute Gasteiger partial charge is 0.290 e. The Morgan fingerprint density at radius 1 is 1.39 bits per heavy atom. The standard InChI is InChI=1S/C12H8N2O3S/c13-5-6-17-9-4-2-1-3-8(9)7-10-11(15)14-12(16)18-10/h1-4,7H,6H2,(H,14,15,16)/b10-7-. The van der Waals surface area contributed by atoms with Gasteiger partial charge in [0.1, 0.15) is 11.8 Å². The van der Waals surface area contributed by atoms with E-state index in [0.717, 1.165) is 11.8 Å². The molecule has 1 aliphatic rings. The van der Waals surface area contributed by atoms with E-state index in [9.17, 15) is 9.59 Å². The molecule has 1 fully saturated rings. The lowest BCUT2D eigenvalue weighted by Crippen LogP contribution is -2.17. The maximum Gasteiger partial charge on any atom is 0.290 e. The zero-order chi connectivity index (χ0) is 13.0. The molecule has 2 rings (SSSR count). The normalized spacial score (nSPS) is 16.5. The van der Waals surface area contributed by atoms with Crippen LogP contribution in [0.1, 0.15) is 5.56 Å². The van der Waals surface area contributed by atoms with Gasteiger partial charge in [0.2, 0.25) is 0 Å². The van der Waals surface area contributed by atoms with Crippen molar-refractivity contribution in [2.45, 2.75) is 0 Å². The number of rotatable bonds is 3. The van der Waals surface area contributed by atoms with Crippen LogP contribution < -0.4 is 10.1 Å². The van der Waals surface area contributed by atoms with Crippen molar-refractivity contribution in [3.63, 3.8) is 0 Å². The Morgan fingerprint density at radius 3 is 2.83 bits per heavy atom. The molecule has 0 saturated carbocycles. The lowest BCUT2D eigenvalue weighted by Gasteiger charge is -2.05. The van der Waals surface area contributed by atoms with Crippen LogP contribution in [0.4, 0.5) is 4.79 Å². The third kappa shape index (κ3) is 2.70. The van der Waals surface area contributed by atoms with Crippen molar-refractivity contribution in [1.82, 2.24) is 5.32 Å². The molecule has 1 aliphatic heterocycles. The number of hydrogen-bond donors (Lipinski definition) is 1. The fraction of sp³-hybridized carbons (Fsp3) is 0.0833. The number of ether oxygens (including phenoxy) is 1. The zero-order valence-electron chi connectivity index (χ0n) is 9.17. The summed E-state index contributed by atoms with van der Waals surface area (Å²) in [6.07, 6.45) is 1.57. The molecular weight excluding hydrogens is 252 g/mol. The topological polar surface area (TPSA) is 79.2 Å². The number of para-hydroxylation sites is 1. The molecule has 0 unspecified atom stereocenters. The van der Waals surface area contributed by atoms with Crippen LogP contribution in [0.25, 0.3) is 6.08 Å². The first-order valence-electron chi connectivity index (χ1n) is 5.04. The number of benzene rings is 1. The number of thioether (sulfide) groups is 1. The fourth-order valence-corrected chi connectivity index (χ4v) is 2.08. The summed E-state index contributed by atoms with van der Waals surface area (Å²) in [6, 6.07) is 8.86. The third-order valence-electron chi connectivity index (χ3n) is 2.14. The molecule has 0 atom stereocenters. The molecular formula is C12H8N2O3S. The molecule has 0 aliphatic carbocycles. The molecule has 18 heavy (non-hydrogen) atoms. The molecule has 0 spiro atoms. The van der Waals surface area contributed by atoms with E-state index in [2.05, 4.69) is 5.32 Å². The molecule has 6 heteroatoms. The third-order valence-corrected chi connectivity index (χ3v) is 2.95. The average molecular weight is 260 g/mol. The van der Waals surface area contributed by atoms with Crippen molar-refractivity contribution < 1.29 is 14.3 Å². The second-order valence-corrected chi connectivity index (χ2v) is 4.35. The number of nitrogens with zero attached hydrogens (tertiary/aromatic N) is 1. The van der Waals surface area contributed by atoms with Crippen molar-refractivity contribution in [1.29, 1.82) is 5.26 Å². The van der Waals surface area contributed by atoms with Gasteiger partial charge in [-0.3, -0.25) is 14.9 Å². The molecule has 1 heterocycles. The highest BCUT2D eigenvalue weighted by atomic mass is 32.2. The lowest BCUT2D eigenvalue weighted by molar-refractivity contribution is -0.115. The summed E-state index contributed by atoms with van der Waals surface area (Å²) in [5, 5.41) is 10.3. The summed E-state index contributed by atoms with van der Waals surface area (Å²) in [7, 11) is 0. The van der Waals surface area contributed by atoms with Gasteiger partial charge in [-0.1, -0.05) is 18.2 Å². The summed E-state index contributed by atoms with van der Waals surface area (Å²) in [6.45, 7) is -0.0710. The van der Waals surface area contributed by atoms with Crippen LogP contribution in [0, 0.1) is 11.3 Å². The first kappa shape index (κ1) is 12.2. The minimum absolute atomic E-state index is 0.0710. The molecule has 5 nitrogen and oxygen atoms in total. The van der Waals surface area contributed by atoms with Crippen molar-refractivity contribution in [3.05, 3.63) is 34.7 Å². The molecule has 90 valence electrons. The molecule has 1 saturated heterocycles. The summed E-state index contributed by atoms with van der Waals surface area (Å²) >= 11 is 0.842. The maximum absolute atomic E-state index is 11.4. The van der Waals surface area contributed by atoms with Gasteiger partial charge >= 0.3 is 0 Å². The molecule has 0 aromatic heterocycles. The number of carbonyl (C=O) groups is 2. The van der Waals surface area contributed by atoms with Crippen LogP contribution in [0.2, 0.25) is 0 Å². The van der Waals surface area contributed by atoms with Crippen molar-refractivity contribution in [3.8, 4) is 11.8 Å². The number of hydrogen-bond acceptors (Lipinski definition) is 5. The quantitative estimate of drug-likeness (QED) is 0.840. The highest BCUT2D eigenvalue weighted by Crippen LogP contribution is 2.28. The van der Waals surface area contributed by atoms with Crippen LogP contribution in [-0.4, -0.2) is 17.8 Å². The molecule has 1 aromatic rings. The minimum Gasteiger partial charge on any atom is -0.478 e. The largest absolute Gasteiger partial charge is 0.478 e. The Bertz CT molecular complexity index is 575. The van der Waals surface area contributed by atoms with E-state index in [0.29, 0.717) is 16.2 Å². The van der Waals surface area contributed by atoms with Gasteiger partial charge in [-0.05, 0) is 23.9 Å². The Hall–Kier alpha value is -2.26. The van der Waals surface area contributed by atoms with Crippen molar-refractivity contribution in [2.75, 3.05) is 6.61 Å². The zero-order valence-corrected chi connectivity index (χ0v) is 9.99. The van der Waals surface area contributed by atoms with Gasteiger partial charge in [0, 0.05) is 5.56 Å². The molecule has 0 radical (unpaired) electrons. The van der Waals surface area contributed by atoms with Crippen molar-refractivity contribution in [2.24, 2.45) is 0 Å². The number of carbonyl (C=O) groups excluding carboxylic acids is 2. The highest BCUT2D eigenvalue weighted by Gasteiger charge is 2.25. The Balaban J connectivity index is 2.29. The van der Waals surface area contributed by atoms with Crippen LogP contribution in [-0.2, 0) is 4.79 Å². The van der Waals surface area contributed by atoms with E-state index < -0.39 is 5.91 Å². The van der Waals surface area contributed by atoms with Gasteiger partial charge < -0.3 is 4.74 Å². The van der Waals surface area contributed by atoms with Gasteiger partial charge in [0.05, 0.1) is 4.91 Å². The van der Waals surface area contributed by atoms with Gasteiger partial charge in [0.25, 0.3) is 11.1 Å². The van der Waals surface area contributed by atoms with Gasteiger partial charge in [-0.25, -0.2) is 0 Å². The number of amides is 2. The predicted molar refractivity (Wildman–Crippen MR) is 66.7 cm³/mol. The van der Waals surface area contributed by atoms with E-state index in [1.807, 2.05) is 6.07 Å². The molecule has 2 amide bonds. The van der Waals surface area contributed by atoms with Gasteiger partial charge in [-0.2, -0.15) is 5.26 Å². The average Bonchev–Trinajstić information content (AvgIpc) is 2.67. The summed E-state index contributed by atoms with van der Waals surface area (Å²) in [5.41, 5.74) is 0.653. The number of nitrogens with one attached hydrogen (secondary N) is 1. The van der Waals surface area contributed by atoms with Crippen LogP contribution in [0.15, 0.2) is 29.2 Å². The summed E-state index contributed by atoms with van der Waals surface area (Å²) in [4.78, 5) is 22.7. The highest BCUT2D eigenvalue weighted by molar-refractivity contribution is 8.18. The van der Waals surface area contributed by atoms with Crippen molar-refractivity contribution >= 4 is 29.0 Å². The summed E-state index contributed by atoms with van der Waals surface area (Å²) < 4.78 is 5.23. The first-order valence-corrected chi connectivity index (χ1v) is 5.86. The predicted octanol–water partition coefficient (Wildman–Crippen LogP) is 1.91. The van der Waals surface area contributed by atoms with Gasteiger partial charge in [-0.15, -0.1) is 0 Å². The lowest BCUT2D eigenvalue weighted by atomic mass is 10.2. The molecule has 0 bridgehead atoms. The van der Waals surface area contributed by atoms with E-state index >= 15 is 0 Å². The summed E-state index contributed by atoms with van der Waals surface area (Å²) in [5.74, 6) is 0.0828. The first-order chi connectivity index (χ1) is 8.70. The molecule has 1 N–H and O–H groups in total. The van der Waals surface area contributed by atoms with E-state index in [1.54, 1.807) is 30.3 Å². The Kier molecular flexibility index (Phi) is 3.65. The van der Waals surface area contributed by atoms with E-state index in [-0.39, 0.29) is 11.8 Å². The van der Waals surface area contributed by atoms with Crippen LogP contribution >= 0.6 is 11.8 Å². The monoisotopic (exact) mass is 260 g/mol. The van der Waals surface area contributed by atoms with Crippen LogP contribution in [0.5, 0.6) is 5.75 Å². The van der Waals surface area contributed by atoms with Crippen LogP contribution in [0.3, 0.4) is 0 Å². The second kappa shape index (κ2) is 5.38. The van der Waals surface area contributed by atoms with E-state index in [4.69, 9.17) is 10.00 Å². The van der Waals surface area contributed by atoms with Gasteiger partial charge in [0.15, 0.2) is 6.61 Å². The number of imide groups is 1. The van der Waals surface area contributed by atoms with E-state index in [1.165, 1.54) is 0 Å². The molecule has 1 aromatic carbocycles. The SMILES string of the molecule is N#CCOc1ccccc1/C=C1\SC(=O)NC1=O.